The predicted octanol–water partition coefficient (Wildman–Crippen LogP) is 4.41. The molecule has 1 rings (SSSR count). The van der Waals surface area contributed by atoms with Crippen molar-refractivity contribution < 1.29 is 9.18 Å². The van der Waals surface area contributed by atoms with E-state index < -0.39 is 0 Å². The minimum Gasteiger partial charge on any atom is -0.294 e. The van der Waals surface area contributed by atoms with Gasteiger partial charge >= 0.3 is 0 Å². The molecule has 0 aromatic heterocycles. The molecule has 16 heavy (non-hydrogen) atoms. The average molecular weight is 243 g/mol. The first-order chi connectivity index (χ1) is 7.45. The number of rotatable bonds is 4. The van der Waals surface area contributed by atoms with Gasteiger partial charge in [0.25, 0.3) is 0 Å². The lowest BCUT2D eigenvalue weighted by atomic mass is 9.97. The van der Waals surface area contributed by atoms with Crippen molar-refractivity contribution in [3.8, 4) is 0 Å². The minimum absolute atomic E-state index is 0.0116. The van der Waals surface area contributed by atoms with E-state index in [1.165, 1.54) is 12.1 Å². The Hall–Kier alpha value is -0.890. The summed E-state index contributed by atoms with van der Waals surface area (Å²) in [5.41, 5.74) is 0.887. The van der Waals surface area contributed by atoms with Crippen LogP contribution in [0.4, 0.5) is 4.39 Å². The molecule has 0 bridgehead atoms. The molecule has 0 saturated heterocycles. The maximum atomic E-state index is 13.2. The zero-order valence-corrected chi connectivity index (χ0v) is 10.6. The number of carbonyl (C=O) groups excluding carboxylic acids is 1. The number of halogens is 2. The van der Waals surface area contributed by atoms with Crippen molar-refractivity contribution in [2.45, 2.75) is 33.6 Å². The Bertz CT molecular complexity index is 401. The smallest absolute Gasteiger partial charge is 0.164 e. The number of hydrogen-bond acceptors (Lipinski definition) is 1. The van der Waals surface area contributed by atoms with E-state index in [9.17, 15) is 9.18 Å². The third-order valence-corrected chi connectivity index (χ3v) is 3.09. The number of hydrogen-bond donors (Lipinski definition) is 0. The number of ketones is 1. The molecule has 0 saturated carbocycles. The Kier molecular flexibility index (Phi) is 4.48. The number of carbonyl (C=O) groups is 1. The molecule has 1 aromatic carbocycles. The molecular weight excluding hydrogens is 227 g/mol. The standard InChI is InChI=1S/C13H16ClFO/c1-4-8(2)5-13(16)10-6-9(3)12(15)7-11(10)14/h6-8H,4-5H2,1-3H3. The van der Waals surface area contributed by atoms with E-state index in [-0.39, 0.29) is 16.6 Å². The first-order valence-corrected chi connectivity index (χ1v) is 5.82. The predicted molar refractivity (Wildman–Crippen MR) is 64.5 cm³/mol. The summed E-state index contributed by atoms with van der Waals surface area (Å²) in [6.45, 7) is 5.68. The average Bonchev–Trinajstić information content (AvgIpc) is 2.23. The molecular formula is C13H16ClFO. The Labute approximate surface area is 101 Å². The molecule has 0 aliphatic rings. The van der Waals surface area contributed by atoms with Crippen LogP contribution < -0.4 is 0 Å². The molecule has 0 aliphatic heterocycles. The van der Waals surface area contributed by atoms with Gasteiger partial charge in [-0.2, -0.15) is 0 Å². The molecule has 1 nitrogen and oxygen atoms in total. The van der Waals surface area contributed by atoms with Crippen molar-refractivity contribution in [2.24, 2.45) is 5.92 Å². The van der Waals surface area contributed by atoms with Crippen LogP contribution in [-0.4, -0.2) is 5.78 Å². The normalized spacial score (nSPS) is 12.6. The van der Waals surface area contributed by atoms with Gasteiger partial charge in [-0.1, -0.05) is 31.9 Å². The lowest BCUT2D eigenvalue weighted by Gasteiger charge is -2.09. The second-order valence-electron chi connectivity index (χ2n) is 4.22. The van der Waals surface area contributed by atoms with Gasteiger partial charge in [0.05, 0.1) is 5.02 Å². The fourth-order valence-corrected chi connectivity index (χ4v) is 1.70. The van der Waals surface area contributed by atoms with Gasteiger partial charge in [0, 0.05) is 12.0 Å². The van der Waals surface area contributed by atoms with Crippen molar-refractivity contribution >= 4 is 17.4 Å². The highest BCUT2D eigenvalue weighted by molar-refractivity contribution is 6.34. The van der Waals surface area contributed by atoms with Gasteiger partial charge in [-0.3, -0.25) is 4.79 Å². The number of Topliss-reactive ketones (excluding diaryl/α,β-unsaturated/α-hetero) is 1. The summed E-state index contributed by atoms with van der Waals surface area (Å²) in [4.78, 5) is 11.9. The van der Waals surface area contributed by atoms with E-state index in [0.717, 1.165) is 6.42 Å². The van der Waals surface area contributed by atoms with Crippen LogP contribution in [-0.2, 0) is 0 Å². The highest BCUT2D eigenvalue weighted by Crippen LogP contribution is 2.23. The van der Waals surface area contributed by atoms with Gasteiger partial charge in [0.2, 0.25) is 0 Å². The summed E-state index contributed by atoms with van der Waals surface area (Å²) in [6.07, 6.45) is 1.41. The number of aryl methyl sites for hydroxylation is 1. The second kappa shape index (κ2) is 5.44. The van der Waals surface area contributed by atoms with Crippen molar-refractivity contribution in [1.82, 2.24) is 0 Å². The summed E-state index contributed by atoms with van der Waals surface area (Å²) in [6, 6.07) is 2.74. The van der Waals surface area contributed by atoms with Crippen molar-refractivity contribution in [2.75, 3.05) is 0 Å². The summed E-state index contributed by atoms with van der Waals surface area (Å²) >= 11 is 5.86. The molecule has 1 unspecified atom stereocenters. The van der Waals surface area contributed by atoms with Crippen LogP contribution in [0.2, 0.25) is 5.02 Å². The van der Waals surface area contributed by atoms with Crippen LogP contribution in [0, 0.1) is 18.7 Å². The monoisotopic (exact) mass is 242 g/mol. The lowest BCUT2D eigenvalue weighted by molar-refractivity contribution is 0.0963. The van der Waals surface area contributed by atoms with Crippen LogP contribution in [0.25, 0.3) is 0 Å². The SMILES string of the molecule is CCC(C)CC(=O)c1cc(C)c(F)cc1Cl. The zero-order valence-electron chi connectivity index (χ0n) is 9.81. The summed E-state index contributed by atoms with van der Waals surface area (Å²) in [7, 11) is 0. The quantitative estimate of drug-likeness (QED) is 0.715. The largest absolute Gasteiger partial charge is 0.294 e. The molecule has 0 aliphatic carbocycles. The molecule has 0 radical (unpaired) electrons. The molecule has 0 N–H and O–H groups in total. The molecule has 1 aromatic rings. The summed E-state index contributed by atoms with van der Waals surface area (Å²) in [5.74, 6) is -0.0542. The van der Waals surface area contributed by atoms with E-state index >= 15 is 0 Å². The maximum absolute atomic E-state index is 13.2. The molecule has 0 heterocycles. The van der Waals surface area contributed by atoms with Crippen LogP contribution in [0.3, 0.4) is 0 Å². The zero-order chi connectivity index (χ0) is 12.3. The van der Waals surface area contributed by atoms with Crippen molar-refractivity contribution in [3.63, 3.8) is 0 Å². The van der Waals surface area contributed by atoms with Crippen molar-refractivity contribution in [1.29, 1.82) is 0 Å². The van der Waals surface area contributed by atoms with Gasteiger partial charge in [-0.15, -0.1) is 0 Å². The third-order valence-electron chi connectivity index (χ3n) is 2.78. The Balaban J connectivity index is 2.96. The van der Waals surface area contributed by atoms with E-state index in [1.807, 2.05) is 13.8 Å². The molecule has 3 heteroatoms. The minimum atomic E-state index is -0.370. The summed E-state index contributed by atoms with van der Waals surface area (Å²) < 4.78 is 13.2. The Morgan fingerprint density at radius 3 is 2.69 bits per heavy atom. The molecule has 0 amide bonds. The molecule has 0 fully saturated rings. The van der Waals surface area contributed by atoms with E-state index in [1.54, 1.807) is 6.92 Å². The molecule has 0 spiro atoms. The van der Waals surface area contributed by atoms with Crippen LogP contribution in [0.5, 0.6) is 0 Å². The Morgan fingerprint density at radius 1 is 1.50 bits per heavy atom. The van der Waals surface area contributed by atoms with Gasteiger partial charge in [0.15, 0.2) is 5.78 Å². The van der Waals surface area contributed by atoms with Gasteiger partial charge in [-0.25, -0.2) is 4.39 Å². The second-order valence-corrected chi connectivity index (χ2v) is 4.63. The van der Waals surface area contributed by atoms with Crippen LogP contribution >= 0.6 is 11.6 Å². The van der Waals surface area contributed by atoms with Crippen molar-refractivity contribution in [3.05, 3.63) is 34.1 Å². The van der Waals surface area contributed by atoms with Crippen LogP contribution in [0.1, 0.15) is 42.6 Å². The first kappa shape index (κ1) is 13.2. The van der Waals surface area contributed by atoms with E-state index in [0.29, 0.717) is 23.5 Å². The summed E-state index contributed by atoms with van der Waals surface area (Å²) in [5, 5.41) is 0.205. The molecule has 1 atom stereocenters. The highest BCUT2D eigenvalue weighted by Gasteiger charge is 2.15. The van der Waals surface area contributed by atoms with Gasteiger partial charge < -0.3 is 0 Å². The topological polar surface area (TPSA) is 17.1 Å². The van der Waals surface area contributed by atoms with E-state index in [4.69, 9.17) is 11.6 Å². The van der Waals surface area contributed by atoms with Gasteiger partial charge in [-0.05, 0) is 30.5 Å². The highest BCUT2D eigenvalue weighted by atomic mass is 35.5. The van der Waals surface area contributed by atoms with Gasteiger partial charge in [0.1, 0.15) is 5.82 Å². The van der Waals surface area contributed by atoms with E-state index in [2.05, 4.69) is 0 Å². The third kappa shape index (κ3) is 3.05. The number of benzene rings is 1. The lowest BCUT2D eigenvalue weighted by Crippen LogP contribution is -2.06. The Morgan fingerprint density at radius 2 is 2.12 bits per heavy atom. The van der Waals surface area contributed by atoms with Crippen LogP contribution in [0.15, 0.2) is 12.1 Å². The maximum Gasteiger partial charge on any atom is 0.164 e. The first-order valence-electron chi connectivity index (χ1n) is 5.44. The molecule has 88 valence electrons. The fraction of sp³-hybridized carbons (Fsp3) is 0.462. The fourth-order valence-electron chi connectivity index (χ4n) is 1.44.